The van der Waals surface area contributed by atoms with Crippen molar-refractivity contribution >= 4 is 32.5 Å². The molecule has 2 aromatic carbocycles. The normalized spacial score (nSPS) is 15.1. The first-order valence-electron chi connectivity index (χ1n) is 8.20. The number of sulfonamides is 1. The van der Waals surface area contributed by atoms with Crippen LogP contribution in [-0.2, 0) is 14.8 Å². The third kappa shape index (κ3) is 2.86. The Labute approximate surface area is 142 Å². The predicted octanol–water partition coefficient (Wildman–Crippen LogP) is 3.69. The number of aliphatic carboxylic acids is 1. The number of rotatable bonds is 7. The maximum Gasteiger partial charge on any atom is 0.303 e. The lowest BCUT2D eigenvalue weighted by Crippen LogP contribution is -2.28. The molecule has 0 bridgehead atoms. The molecule has 0 radical (unpaired) electrons. The van der Waals surface area contributed by atoms with E-state index in [4.69, 9.17) is 5.11 Å². The topological polar surface area (TPSA) is 74.7 Å². The molecule has 3 rings (SSSR count). The van der Waals surface area contributed by atoms with E-state index in [-0.39, 0.29) is 6.42 Å². The van der Waals surface area contributed by atoms with Crippen molar-refractivity contribution < 1.29 is 18.3 Å². The van der Waals surface area contributed by atoms with Crippen molar-refractivity contribution in [1.82, 2.24) is 0 Å². The summed E-state index contributed by atoms with van der Waals surface area (Å²) in [5, 5.41) is 10.4. The quantitative estimate of drug-likeness (QED) is 0.775. The van der Waals surface area contributed by atoms with Gasteiger partial charge in [-0.05, 0) is 42.8 Å². The van der Waals surface area contributed by atoms with E-state index in [1.54, 1.807) is 12.1 Å². The van der Waals surface area contributed by atoms with Crippen molar-refractivity contribution in [3.05, 3.63) is 35.9 Å². The molecule has 0 amide bonds. The monoisotopic (exact) mass is 347 g/mol. The number of aryl methyl sites for hydroxylation is 1. The van der Waals surface area contributed by atoms with Gasteiger partial charge in [-0.1, -0.05) is 31.0 Å². The van der Waals surface area contributed by atoms with Crippen LogP contribution in [0.25, 0.3) is 10.8 Å². The molecule has 0 saturated carbocycles. The van der Waals surface area contributed by atoms with Crippen LogP contribution in [0.1, 0.15) is 37.7 Å². The summed E-state index contributed by atoms with van der Waals surface area (Å²) in [6.45, 7) is 2.42. The SMILES string of the molecule is Cc1ccc2c3c(cccc13)S(=O)(=O)N2CCCCCCC(=O)O. The van der Waals surface area contributed by atoms with Gasteiger partial charge in [0, 0.05) is 18.4 Å². The van der Waals surface area contributed by atoms with Crippen LogP contribution in [-0.4, -0.2) is 26.0 Å². The van der Waals surface area contributed by atoms with Gasteiger partial charge >= 0.3 is 5.97 Å². The lowest BCUT2D eigenvalue weighted by atomic mass is 10.0. The average molecular weight is 347 g/mol. The van der Waals surface area contributed by atoms with E-state index in [2.05, 4.69) is 0 Å². The largest absolute Gasteiger partial charge is 0.481 e. The second kappa shape index (κ2) is 6.43. The molecule has 0 unspecified atom stereocenters. The molecule has 0 atom stereocenters. The van der Waals surface area contributed by atoms with Gasteiger partial charge in [-0.2, -0.15) is 0 Å². The van der Waals surface area contributed by atoms with Crippen LogP contribution in [0.2, 0.25) is 0 Å². The summed E-state index contributed by atoms with van der Waals surface area (Å²) in [4.78, 5) is 10.9. The summed E-state index contributed by atoms with van der Waals surface area (Å²) in [6, 6.07) is 9.27. The van der Waals surface area contributed by atoms with Gasteiger partial charge in [0.2, 0.25) is 0 Å². The standard InChI is InChI=1S/C18H21NO4S/c1-13-10-11-15-18-14(13)7-6-8-16(18)24(22,23)19(15)12-5-3-2-4-9-17(20)21/h6-8,10-11H,2-5,9,12H2,1H3,(H,20,21). The Kier molecular flexibility index (Phi) is 4.49. The van der Waals surface area contributed by atoms with Crippen molar-refractivity contribution in [1.29, 1.82) is 0 Å². The summed E-state index contributed by atoms with van der Waals surface area (Å²) >= 11 is 0. The maximum absolute atomic E-state index is 12.8. The van der Waals surface area contributed by atoms with Crippen molar-refractivity contribution in [2.75, 3.05) is 10.8 Å². The molecule has 1 aliphatic rings. The summed E-state index contributed by atoms with van der Waals surface area (Å²) in [6.07, 6.45) is 3.16. The van der Waals surface area contributed by atoms with E-state index in [0.29, 0.717) is 17.9 Å². The molecule has 128 valence electrons. The van der Waals surface area contributed by atoms with Crippen LogP contribution in [0.5, 0.6) is 0 Å². The number of carbonyl (C=O) groups is 1. The minimum atomic E-state index is -3.48. The Balaban J connectivity index is 1.77. The van der Waals surface area contributed by atoms with Crippen molar-refractivity contribution in [2.24, 2.45) is 0 Å². The number of carboxylic acids is 1. The van der Waals surface area contributed by atoms with Crippen LogP contribution in [0, 0.1) is 6.92 Å². The number of unbranched alkanes of at least 4 members (excludes halogenated alkanes) is 3. The van der Waals surface area contributed by atoms with Gasteiger partial charge in [0.1, 0.15) is 0 Å². The molecule has 0 spiro atoms. The highest BCUT2D eigenvalue weighted by Gasteiger charge is 2.35. The zero-order chi connectivity index (χ0) is 17.3. The number of hydrogen-bond donors (Lipinski definition) is 1. The molecule has 0 saturated heterocycles. The summed E-state index contributed by atoms with van der Waals surface area (Å²) < 4.78 is 27.2. The van der Waals surface area contributed by atoms with Gasteiger partial charge in [-0.25, -0.2) is 8.42 Å². The van der Waals surface area contributed by atoms with Crippen LogP contribution in [0.3, 0.4) is 0 Å². The summed E-state index contributed by atoms with van der Waals surface area (Å²) in [5.74, 6) is -0.783. The Hall–Kier alpha value is -2.08. The number of nitrogens with zero attached hydrogens (tertiary/aromatic N) is 1. The molecule has 6 heteroatoms. The van der Waals surface area contributed by atoms with Gasteiger partial charge in [0.25, 0.3) is 10.0 Å². The summed E-state index contributed by atoms with van der Waals surface area (Å²) in [5.41, 5.74) is 1.83. The van der Waals surface area contributed by atoms with Gasteiger partial charge in [0.05, 0.1) is 10.6 Å². The van der Waals surface area contributed by atoms with E-state index in [9.17, 15) is 13.2 Å². The molecule has 1 N–H and O–H groups in total. The highest BCUT2D eigenvalue weighted by molar-refractivity contribution is 7.93. The molecular formula is C18H21NO4S. The zero-order valence-electron chi connectivity index (χ0n) is 13.7. The molecule has 24 heavy (non-hydrogen) atoms. The van der Waals surface area contributed by atoms with Gasteiger partial charge < -0.3 is 5.11 Å². The third-order valence-corrected chi connectivity index (χ3v) is 6.39. The van der Waals surface area contributed by atoms with Crippen molar-refractivity contribution in [2.45, 2.75) is 43.9 Å². The smallest absolute Gasteiger partial charge is 0.303 e. The van der Waals surface area contributed by atoms with Crippen LogP contribution < -0.4 is 4.31 Å². The predicted molar refractivity (Wildman–Crippen MR) is 93.9 cm³/mol. The first kappa shape index (κ1) is 16.8. The van der Waals surface area contributed by atoms with E-state index in [1.165, 1.54) is 4.31 Å². The Morgan fingerprint density at radius 3 is 2.58 bits per heavy atom. The lowest BCUT2D eigenvalue weighted by molar-refractivity contribution is -0.137. The Bertz CT molecular complexity index is 889. The van der Waals surface area contributed by atoms with E-state index in [0.717, 1.165) is 41.3 Å². The number of benzene rings is 2. The Morgan fingerprint density at radius 2 is 1.83 bits per heavy atom. The first-order chi connectivity index (χ1) is 11.4. The minimum Gasteiger partial charge on any atom is -0.481 e. The third-order valence-electron chi connectivity index (χ3n) is 4.54. The second-order valence-electron chi connectivity index (χ2n) is 6.22. The fourth-order valence-corrected chi connectivity index (χ4v) is 5.04. The van der Waals surface area contributed by atoms with Crippen molar-refractivity contribution in [3.8, 4) is 0 Å². The molecular weight excluding hydrogens is 326 g/mol. The molecule has 2 aromatic rings. The van der Waals surface area contributed by atoms with Crippen molar-refractivity contribution in [3.63, 3.8) is 0 Å². The molecule has 1 aliphatic heterocycles. The van der Waals surface area contributed by atoms with E-state index >= 15 is 0 Å². The van der Waals surface area contributed by atoms with E-state index in [1.807, 2.05) is 25.1 Å². The van der Waals surface area contributed by atoms with Crippen LogP contribution >= 0.6 is 0 Å². The fraction of sp³-hybridized carbons (Fsp3) is 0.389. The number of carboxylic acid groups (broad SMARTS) is 1. The molecule has 0 fully saturated rings. The first-order valence-corrected chi connectivity index (χ1v) is 9.64. The number of anilines is 1. The Morgan fingerprint density at radius 1 is 1.08 bits per heavy atom. The van der Waals surface area contributed by atoms with Gasteiger partial charge in [0.15, 0.2) is 0 Å². The molecule has 1 heterocycles. The molecule has 5 nitrogen and oxygen atoms in total. The minimum absolute atomic E-state index is 0.173. The second-order valence-corrected chi connectivity index (χ2v) is 8.05. The average Bonchev–Trinajstić information content (AvgIpc) is 2.75. The lowest BCUT2D eigenvalue weighted by Gasteiger charge is -2.18. The fourth-order valence-electron chi connectivity index (χ4n) is 3.30. The van der Waals surface area contributed by atoms with Crippen LogP contribution in [0.4, 0.5) is 5.69 Å². The van der Waals surface area contributed by atoms with Gasteiger partial charge in [-0.3, -0.25) is 9.10 Å². The summed E-state index contributed by atoms with van der Waals surface area (Å²) in [7, 11) is -3.48. The molecule has 0 aromatic heterocycles. The highest BCUT2D eigenvalue weighted by atomic mass is 32.2. The van der Waals surface area contributed by atoms with Gasteiger partial charge in [-0.15, -0.1) is 0 Å². The van der Waals surface area contributed by atoms with Crippen LogP contribution in [0.15, 0.2) is 35.2 Å². The van der Waals surface area contributed by atoms with E-state index < -0.39 is 16.0 Å². The highest BCUT2D eigenvalue weighted by Crippen LogP contribution is 2.43. The number of hydrogen-bond acceptors (Lipinski definition) is 3. The maximum atomic E-state index is 12.8. The zero-order valence-corrected chi connectivity index (χ0v) is 14.5. The molecule has 0 aliphatic carbocycles.